The van der Waals surface area contributed by atoms with Crippen LogP contribution in [0.2, 0.25) is 0 Å². The van der Waals surface area contributed by atoms with E-state index in [0.717, 1.165) is 11.4 Å². The molecule has 8 heteroatoms. The van der Waals surface area contributed by atoms with Gasteiger partial charge < -0.3 is 5.32 Å². The number of aromatic nitrogens is 3. The van der Waals surface area contributed by atoms with Crippen LogP contribution in [0.25, 0.3) is 0 Å². The Morgan fingerprint density at radius 2 is 2.37 bits per heavy atom. The normalized spacial score (nSPS) is 10.6. The van der Waals surface area contributed by atoms with Crippen molar-refractivity contribution < 1.29 is 4.92 Å². The lowest BCUT2D eigenvalue weighted by Gasteiger charge is -2.04. The van der Waals surface area contributed by atoms with Gasteiger partial charge in [0.1, 0.15) is 5.69 Å². The largest absolute Gasteiger partial charge is 0.364 e. The van der Waals surface area contributed by atoms with E-state index in [4.69, 9.17) is 0 Å². The first-order chi connectivity index (χ1) is 9.13. The molecule has 102 valence electrons. The molecule has 0 aliphatic heterocycles. The fourth-order valence-corrected chi connectivity index (χ4v) is 2.48. The maximum Gasteiger partial charge on any atom is 0.333 e. The first-order valence-corrected chi connectivity index (χ1v) is 6.84. The minimum Gasteiger partial charge on any atom is -0.364 e. The minimum absolute atomic E-state index is 0.0733. The summed E-state index contributed by atoms with van der Waals surface area (Å²) in [7, 11) is 1.71. The van der Waals surface area contributed by atoms with Gasteiger partial charge >= 0.3 is 5.69 Å². The van der Waals surface area contributed by atoms with E-state index in [0.29, 0.717) is 24.5 Å². The number of rotatable bonds is 6. The summed E-state index contributed by atoms with van der Waals surface area (Å²) in [5.41, 5.74) is 0.577. The quantitative estimate of drug-likeness (QED) is 0.646. The average molecular weight is 281 g/mol. The van der Waals surface area contributed by atoms with Crippen molar-refractivity contribution in [1.82, 2.24) is 14.8 Å². The summed E-state index contributed by atoms with van der Waals surface area (Å²) < 4.78 is 1.53. The average Bonchev–Trinajstić information content (AvgIpc) is 2.97. The second-order valence-electron chi connectivity index (χ2n) is 3.98. The Morgan fingerprint density at radius 1 is 1.58 bits per heavy atom. The van der Waals surface area contributed by atoms with Crippen LogP contribution in [0.5, 0.6) is 0 Å². The zero-order chi connectivity index (χ0) is 13.8. The van der Waals surface area contributed by atoms with Crippen LogP contribution in [0.1, 0.15) is 17.6 Å². The molecule has 2 aromatic heterocycles. The second kappa shape index (κ2) is 5.79. The number of nitro groups is 1. The number of hydrogen-bond donors (Lipinski definition) is 1. The zero-order valence-electron chi connectivity index (χ0n) is 10.8. The van der Waals surface area contributed by atoms with Gasteiger partial charge in [-0.1, -0.05) is 6.92 Å². The molecule has 7 nitrogen and oxygen atoms in total. The van der Waals surface area contributed by atoms with E-state index in [-0.39, 0.29) is 10.6 Å². The summed E-state index contributed by atoms with van der Waals surface area (Å²) >= 11 is 1.58. The summed E-state index contributed by atoms with van der Waals surface area (Å²) in [5, 5.41) is 21.3. The molecule has 0 saturated heterocycles. The smallest absolute Gasteiger partial charge is 0.333 e. The summed E-state index contributed by atoms with van der Waals surface area (Å²) in [6.07, 6.45) is 3.03. The molecule has 19 heavy (non-hydrogen) atoms. The molecule has 1 N–H and O–H groups in total. The molecule has 0 bridgehead atoms. The third-order valence-corrected chi connectivity index (χ3v) is 3.56. The summed E-state index contributed by atoms with van der Waals surface area (Å²) in [6.45, 7) is 2.45. The molecule has 0 aliphatic rings. The Labute approximate surface area is 114 Å². The van der Waals surface area contributed by atoms with Crippen LogP contribution in [0.15, 0.2) is 11.6 Å². The molecule has 0 atom stereocenters. The minimum atomic E-state index is -0.377. The van der Waals surface area contributed by atoms with Gasteiger partial charge in [0.05, 0.1) is 9.93 Å². The van der Waals surface area contributed by atoms with E-state index in [1.54, 1.807) is 24.6 Å². The van der Waals surface area contributed by atoms with Crippen molar-refractivity contribution in [1.29, 1.82) is 0 Å². The molecule has 2 heterocycles. The van der Waals surface area contributed by atoms with Crippen molar-refractivity contribution in [2.45, 2.75) is 19.8 Å². The van der Waals surface area contributed by atoms with Crippen molar-refractivity contribution in [3.63, 3.8) is 0 Å². The molecular weight excluding hydrogens is 266 g/mol. The van der Waals surface area contributed by atoms with Gasteiger partial charge in [-0.2, -0.15) is 5.10 Å². The number of aryl methyl sites for hydroxylation is 2. The number of thiazole rings is 1. The van der Waals surface area contributed by atoms with Crippen LogP contribution in [-0.2, 0) is 19.9 Å². The Kier molecular flexibility index (Phi) is 4.10. The first kappa shape index (κ1) is 13.5. The van der Waals surface area contributed by atoms with Gasteiger partial charge in [-0.3, -0.25) is 10.1 Å². The Balaban J connectivity index is 2.10. The highest BCUT2D eigenvalue weighted by Crippen LogP contribution is 2.28. The molecule has 0 amide bonds. The van der Waals surface area contributed by atoms with Crippen LogP contribution in [0.4, 0.5) is 11.5 Å². The highest BCUT2D eigenvalue weighted by Gasteiger charge is 2.25. The molecule has 0 aliphatic carbocycles. The maximum atomic E-state index is 11.1. The lowest BCUT2D eigenvalue weighted by Crippen LogP contribution is -2.09. The number of anilines is 1. The molecule has 2 rings (SSSR count). The summed E-state index contributed by atoms with van der Waals surface area (Å²) in [6, 6.07) is 0. The first-order valence-electron chi connectivity index (χ1n) is 5.96. The van der Waals surface area contributed by atoms with Crippen molar-refractivity contribution in [3.05, 3.63) is 32.4 Å². The van der Waals surface area contributed by atoms with Gasteiger partial charge in [0.2, 0.25) is 5.82 Å². The van der Waals surface area contributed by atoms with Crippen molar-refractivity contribution >= 4 is 22.8 Å². The standard InChI is InChI=1S/C11H15N5O2S/c1-3-8-10(16(17)18)11(15(2)14-8)13-5-4-9-12-6-7-19-9/h6-7,13H,3-5H2,1-2H3. The highest BCUT2D eigenvalue weighted by molar-refractivity contribution is 7.09. The van der Waals surface area contributed by atoms with E-state index in [1.165, 1.54) is 4.68 Å². The van der Waals surface area contributed by atoms with Crippen LogP contribution >= 0.6 is 11.3 Å². The van der Waals surface area contributed by atoms with Crippen LogP contribution in [0.3, 0.4) is 0 Å². The Hall–Kier alpha value is -1.96. The number of hydrogen-bond acceptors (Lipinski definition) is 6. The van der Waals surface area contributed by atoms with E-state index < -0.39 is 0 Å². The van der Waals surface area contributed by atoms with Crippen molar-refractivity contribution in [3.8, 4) is 0 Å². The fraction of sp³-hybridized carbons (Fsp3) is 0.455. The van der Waals surface area contributed by atoms with E-state index >= 15 is 0 Å². The van der Waals surface area contributed by atoms with E-state index in [1.807, 2.05) is 12.3 Å². The lowest BCUT2D eigenvalue weighted by molar-refractivity contribution is -0.384. The molecule has 2 aromatic rings. The van der Waals surface area contributed by atoms with Gasteiger partial charge in [-0.15, -0.1) is 11.3 Å². The SMILES string of the molecule is CCc1nn(C)c(NCCc2nccs2)c1[N+](=O)[O-]. The molecule has 0 spiro atoms. The van der Waals surface area contributed by atoms with Gasteiger partial charge in [0.25, 0.3) is 0 Å². The van der Waals surface area contributed by atoms with Crippen molar-refractivity contribution in [2.75, 3.05) is 11.9 Å². The Morgan fingerprint density at radius 3 is 2.95 bits per heavy atom. The van der Waals surface area contributed by atoms with E-state index in [2.05, 4.69) is 15.4 Å². The number of nitrogens with zero attached hydrogens (tertiary/aromatic N) is 4. The lowest BCUT2D eigenvalue weighted by atomic mass is 10.3. The van der Waals surface area contributed by atoms with Crippen molar-refractivity contribution in [2.24, 2.45) is 7.05 Å². The predicted octanol–water partition coefficient (Wildman–Crippen LogP) is 2.00. The van der Waals surface area contributed by atoms with Gasteiger partial charge in [-0.25, -0.2) is 9.67 Å². The topological polar surface area (TPSA) is 85.9 Å². The predicted molar refractivity (Wildman–Crippen MR) is 73.5 cm³/mol. The van der Waals surface area contributed by atoms with Crippen LogP contribution in [-0.4, -0.2) is 26.2 Å². The number of nitrogens with one attached hydrogen (secondary N) is 1. The summed E-state index contributed by atoms with van der Waals surface area (Å²) in [4.78, 5) is 14.9. The molecular formula is C11H15N5O2S. The Bertz CT molecular complexity index is 564. The fourth-order valence-electron chi connectivity index (χ4n) is 1.86. The molecule has 0 saturated carbocycles. The maximum absolute atomic E-state index is 11.1. The van der Waals surface area contributed by atoms with E-state index in [9.17, 15) is 10.1 Å². The second-order valence-corrected chi connectivity index (χ2v) is 4.96. The zero-order valence-corrected chi connectivity index (χ0v) is 11.6. The highest BCUT2D eigenvalue weighted by atomic mass is 32.1. The monoisotopic (exact) mass is 281 g/mol. The molecule has 0 aromatic carbocycles. The third kappa shape index (κ3) is 2.90. The van der Waals surface area contributed by atoms with Crippen LogP contribution < -0.4 is 5.32 Å². The van der Waals surface area contributed by atoms with Gasteiger partial charge in [0, 0.05) is 31.6 Å². The van der Waals surface area contributed by atoms with Gasteiger partial charge in [0.15, 0.2) is 0 Å². The molecule has 0 fully saturated rings. The molecule has 0 unspecified atom stereocenters. The third-order valence-electron chi connectivity index (χ3n) is 2.72. The summed E-state index contributed by atoms with van der Waals surface area (Å²) in [5.74, 6) is 0.457. The van der Waals surface area contributed by atoms with Crippen LogP contribution in [0, 0.1) is 10.1 Å². The van der Waals surface area contributed by atoms with Gasteiger partial charge in [-0.05, 0) is 6.42 Å². The molecule has 0 radical (unpaired) electrons.